The summed E-state index contributed by atoms with van der Waals surface area (Å²) in [6, 6.07) is 12.8. The largest absolute Gasteiger partial charge is 0.477 e. The molecule has 0 aromatic heterocycles. The Bertz CT molecular complexity index is 721. The number of halogens is 1. The van der Waals surface area contributed by atoms with Crippen LogP contribution in [-0.4, -0.2) is 17.4 Å². The first kappa shape index (κ1) is 16.8. The maximum absolute atomic E-state index is 11.9. The van der Waals surface area contributed by atoms with Gasteiger partial charge in [-0.05, 0) is 24.6 Å². The molecule has 0 aliphatic rings. The van der Waals surface area contributed by atoms with Crippen LogP contribution in [0.2, 0.25) is 5.02 Å². The molecule has 0 fully saturated rings. The maximum atomic E-state index is 11.9. The number of carbonyl (C=O) groups is 1. The van der Waals surface area contributed by atoms with Crippen LogP contribution in [0.15, 0.2) is 48.5 Å². The lowest BCUT2D eigenvalue weighted by atomic mass is 10.1. The minimum atomic E-state index is -0.556. The van der Waals surface area contributed by atoms with Crippen LogP contribution in [-0.2, 0) is 4.79 Å². The molecule has 1 atom stereocenters. The molecule has 0 radical (unpaired) electrons. The van der Waals surface area contributed by atoms with Crippen molar-refractivity contribution >= 4 is 23.2 Å². The summed E-state index contributed by atoms with van der Waals surface area (Å²) in [6.07, 6.45) is 0. The molecule has 0 bridgehead atoms. The average molecular weight is 335 g/mol. The van der Waals surface area contributed by atoms with Crippen molar-refractivity contribution in [2.24, 2.45) is 0 Å². The summed E-state index contributed by atoms with van der Waals surface area (Å²) < 4.78 is 5.24. The van der Waals surface area contributed by atoms with Crippen molar-refractivity contribution in [3.8, 4) is 5.75 Å². The van der Waals surface area contributed by atoms with E-state index in [1.165, 1.54) is 18.2 Å². The first-order valence-corrected chi connectivity index (χ1v) is 7.27. The van der Waals surface area contributed by atoms with Gasteiger partial charge in [-0.15, -0.1) is 0 Å². The number of nitro groups is 1. The van der Waals surface area contributed by atoms with Gasteiger partial charge in [0, 0.05) is 11.1 Å². The van der Waals surface area contributed by atoms with Crippen molar-refractivity contribution in [2.45, 2.75) is 13.0 Å². The van der Waals surface area contributed by atoms with Gasteiger partial charge in [0.15, 0.2) is 12.4 Å². The molecule has 120 valence electrons. The number of nitrogens with zero attached hydrogens (tertiary/aromatic N) is 1. The van der Waals surface area contributed by atoms with Gasteiger partial charge in [0.1, 0.15) is 0 Å². The summed E-state index contributed by atoms with van der Waals surface area (Å²) in [5.74, 6) is -0.339. The van der Waals surface area contributed by atoms with Gasteiger partial charge < -0.3 is 10.1 Å². The number of para-hydroxylation sites is 2. The summed E-state index contributed by atoms with van der Waals surface area (Å²) in [6.45, 7) is 1.48. The van der Waals surface area contributed by atoms with Gasteiger partial charge in [0.25, 0.3) is 5.91 Å². The third-order valence-corrected chi connectivity index (χ3v) is 3.51. The number of carbonyl (C=O) groups excluding carboxylic acids is 1. The van der Waals surface area contributed by atoms with E-state index in [1.54, 1.807) is 25.1 Å². The fourth-order valence-corrected chi connectivity index (χ4v) is 2.36. The molecule has 7 heteroatoms. The third kappa shape index (κ3) is 4.43. The fraction of sp³-hybridized carbons (Fsp3) is 0.188. The number of hydrogen-bond donors (Lipinski definition) is 1. The summed E-state index contributed by atoms with van der Waals surface area (Å²) in [5, 5.41) is 14.2. The molecule has 1 amide bonds. The fourth-order valence-electron chi connectivity index (χ4n) is 2.06. The molecule has 2 rings (SSSR count). The number of nitrogens with one attached hydrogen (secondary N) is 1. The molecule has 1 unspecified atom stereocenters. The van der Waals surface area contributed by atoms with Crippen LogP contribution in [0.5, 0.6) is 5.75 Å². The van der Waals surface area contributed by atoms with Crippen molar-refractivity contribution in [3.05, 3.63) is 69.2 Å². The van der Waals surface area contributed by atoms with E-state index in [-0.39, 0.29) is 24.1 Å². The monoisotopic (exact) mass is 334 g/mol. The van der Waals surface area contributed by atoms with Gasteiger partial charge in [0.2, 0.25) is 0 Å². The SMILES string of the molecule is CC(NC(=O)COc1ccccc1[N+](=O)[O-])c1ccccc1Cl. The highest BCUT2D eigenvalue weighted by Gasteiger charge is 2.16. The average Bonchev–Trinajstić information content (AvgIpc) is 2.53. The van der Waals surface area contributed by atoms with E-state index >= 15 is 0 Å². The second-order valence-corrected chi connectivity index (χ2v) is 5.23. The van der Waals surface area contributed by atoms with Gasteiger partial charge in [-0.1, -0.05) is 41.9 Å². The van der Waals surface area contributed by atoms with Crippen LogP contribution in [0, 0.1) is 10.1 Å². The van der Waals surface area contributed by atoms with Crippen LogP contribution in [0.3, 0.4) is 0 Å². The Morgan fingerprint density at radius 3 is 2.61 bits per heavy atom. The van der Waals surface area contributed by atoms with Crippen LogP contribution in [0.25, 0.3) is 0 Å². The lowest BCUT2D eigenvalue weighted by Crippen LogP contribution is -2.31. The van der Waals surface area contributed by atoms with E-state index in [2.05, 4.69) is 5.32 Å². The highest BCUT2D eigenvalue weighted by atomic mass is 35.5. The molecular formula is C16H15ClN2O4. The minimum absolute atomic E-state index is 0.0537. The number of ether oxygens (including phenoxy) is 1. The molecule has 0 spiro atoms. The normalized spacial score (nSPS) is 11.6. The van der Waals surface area contributed by atoms with Crippen molar-refractivity contribution in [1.29, 1.82) is 0 Å². The molecule has 0 saturated heterocycles. The van der Waals surface area contributed by atoms with Crippen LogP contribution < -0.4 is 10.1 Å². The van der Waals surface area contributed by atoms with Gasteiger partial charge >= 0.3 is 5.69 Å². The Labute approximate surface area is 138 Å². The third-order valence-electron chi connectivity index (χ3n) is 3.17. The highest BCUT2D eigenvalue weighted by Crippen LogP contribution is 2.26. The maximum Gasteiger partial charge on any atom is 0.310 e. The predicted octanol–water partition coefficient (Wildman–Crippen LogP) is 3.50. The summed E-state index contributed by atoms with van der Waals surface area (Å²) in [7, 11) is 0. The molecule has 2 aromatic rings. The van der Waals surface area contributed by atoms with Crippen LogP contribution in [0.1, 0.15) is 18.5 Å². The Morgan fingerprint density at radius 2 is 1.91 bits per heavy atom. The summed E-state index contributed by atoms with van der Waals surface area (Å²) >= 11 is 6.07. The number of nitro benzene ring substituents is 1. The first-order chi connectivity index (χ1) is 11.0. The molecular weight excluding hydrogens is 320 g/mol. The molecule has 0 aliphatic heterocycles. The van der Waals surface area contributed by atoms with Crippen molar-refractivity contribution in [3.63, 3.8) is 0 Å². The summed E-state index contributed by atoms with van der Waals surface area (Å²) in [5.41, 5.74) is 0.604. The molecule has 6 nitrogen and oxygen atoms in total. The standard InChI is InChI=1S/C16H15ClN2O4/c1-11(12-6-2-3-7-13(12)17)18-16(20)10-23-15-9-5-4-8-14(15)19(21)22/h2-9,11H,10H2,1H3,(H,18,20). The Hall–Kier alpha value is -2.60. The summed E-state index contributed by atoms with van der Waals surface area (Å²) in [4.78, 5) is 22.3. The number of rotatable bonds is 6. The Balaban J connectivity index is 1.96. The number of benzene rings is 2. The van der Waals surface area contributed by atoms with Gasteiger partial charge in [-0.3, -0.25) is 14.9 Å². The van der Waals surface area contributed by atoms with E-state index in [9.17, 15) is 14.9 Å². The van der Waals surface area contributed by atoms with Crippen LogP contribution in [0.4, 0.5) is 5.69 Å². The van der Waals surface area contributed by atoms with E-state index < -0.39 is 10.8 Å². The van der Waals surface area contributed by atoms with E-state index in [0.29, 0.717) is 5.02 Å². The number of hydrogen-bond acceptors (Lipinski definition) is 4. The molecule has 0 heterocycles. The van der Waals surface area contributed by atoms with E-state index in [0.717, 1.165) is 5.56 Å². The quantitative estimate of drug-likeness (QED) is 0.647. The van der Waals surface area contributed by atoms with Gasteiger partial charge in [0.05, 0.1) is 11.0 Å². The zero-order valence-corrected chi connectivity index (χ0v) is 13.1. The highest BCUT2D eigenvalue weighted by molar-refractivity contribution is 6.31. The van der Waals surface area contributed by atoms with Gasteiger partial charge in [-0.2, -0.15) is 0 Å². The molecule has 23 heavy (non-hydrogen) atoms. The molecule has 0 saturated carbocycles. The molecule has 1 N–H and O–H groups in total. The van der Waals surface area contributed by atoms with E-state index in [1.807, 2.05) is 12.1 Å². The second-order valence-electron chi connectivity index (χ2n) is 4.82. The van der Waals surface area contributed by atoms with E-state index in [4.69, 9.17) is 16.3 Å². The molecule has 0 aliphatic carbocycles. The van der Waals surface area contributed by atoms with Crippen molar-refractivity contribution in [2.75, 3.05) is 6.61 Å². The van der Waals surface area contributed by atoms with Crippen LogP contribution >= 0.6 is 11.6 Å². The lowest BCUT2D eigenvalue weighted by Gasteiger charge is -2.16. The Kier molecular flexibility index (Phi) is 5.54. The van der Waals surface area contributed by atoms with Crippen molar-refractivity contribution in [1.82, 2.24) is 5.32 Å². The topological polar surface area (TPSA) is 81.5 Å². The molecule has 2 aromatic carbocycles. The predicted molar refractivity (Wildman–Crippen MR) is 86.6 cm³/mol. The Morgan fingerprint density at radius 1 is 1.26 bits per heavy atom. The smallest absolute Gasteiger partial charge is 0.310 e. The number of amides is 1. The zero-order valence-electron chi connectivity index (χ0n) is 12.4. The van der Waals surface area contributed by atoms with Gasteiger partial charge in [-0.25, -0.2) is 0 Å². The second kappa shape index (κ2) is 7.60. The van der Waals surface area contributed by atoms with Crippen molar-refractivity contribution < 1.29 is 14.5 Å². The lowest BCUT2D eigenvalue weighted by molar-refractivity contribution is -0.385. The minimum Gasteiger partial charge on any atom is -0.477 e. The first-order valence-electron chi connectivity index (χ1n) is 6.89. The zero-order chi connectivity index (χ0) is 16.8.